The lowest BCUT2D eigenvalue weighted by molar-refractivity contribution is 1.28. The van der Waals surface area contributed by atoms with E-state index in [1.54, 1.807) is 0 Å². The van der Waals surface area contributed by atoms with Crippen molar-refractivity contribution in [3.8, 4) is 22.3 Å². The Kier molecular flexibility index (Phi) is 6.69. The first-order valence-corrected chi connectivity index (χ1v) is 12.9. The van der Waals surface area contributed by atoms with Crippen molar-refractivity contribution in [2.45, 2.75) is 0 Å². The Bertz CT molecular complexity index is 1610. The minimum Gasteiger partial charge on any atom is -0.355 e. The van der Waals surface area contributed by atoms with Crippen LogP contribution in [0, 0.1) is 0 Å². The highest BCUT2D eigenvalue weighted by atomic mass is 15.1. The molecule has 0 aliphatic rings. The molecule has 6 aromatic rings. The molecule has 0 unspecified atom stereocenters. The molecule has 0 radical (unpaired) electrons. The van der Waals surface area contributed by atoms with Gasteiger partial charge in [-0.25, -0.2) is 0 Å². The van der Waals surface area contributed by atoms with Gasteiger partial charge in [0, 0.05) is 28.3 Å². The SMILES string of the molecule is c1ccc(Nc2cccc(N(c3ccccc3)c3ccc(-c4ccccc4)cc3-c3ccccc3)c2)cc1. The van der Waals surface area contributed by atoms with Crippen molar-refractivity contribution in [1.29, 1.82) is 0 Å². The Morgan fingerprint density at radius 1 is 0.368 bits per heavy atom. The molecular weight excluding hydrogens is 460 g/mol. The van der Waals surface area contributed by atoms with Gasteiger partial charge in [0.2, 0.25) is 0 Å². The van der Waals surface area contributed by atoms with Gasteiger partial charge in [-0.05, 0) is 71.3 Å². The zero-order valence-electron chi connectivity index (χ0n) is 21.0. The largest absolute Gasteiger partial charge is 0.355 e. The Labute approximate surface area is 224 Å². The zero-order valence-corrected chi connectivity index (χ0v) is 21.0. The summed E-state index contributed by atoms with van der Waals surface area (Å²) >= 11 is 0. The van der Waals surface area contributed by atoms with Crippen LogP contribution in [0.25, 0.3) is 22.3 Å². The second-order valence-corrected chi connectivity index (χ2v) is 9.18. The zero-order chi connectivity index (χ0) is 25.6. The molecule has 0 bridgehead atoms. The van der Waals surface area contributed by atoms with E-state index in [0.29, 0.717) is 0 Å². The number of hydrogen-bond donors (Lipinski definition) is 1. The van der Waals surface area contributed by atoms with E-state index < -0.39 is 0 Å². The molecule has 2 heteroatoms. The molecule has 0 amide bonds. The number of rotatable bonds is 7. The van der Waals surface area contributed by atoms with Crippen LogP contribution in [0.1, 0.15) is 0 Å². The monoisotopic (exact) mass is 488 g/mol. The Balaban J connectivity index is 1.51. The number of para-hydroxylation sites is 2. The third kappa shape index (κ3) is 5.07. The Hall–Kier alpha value is -5.08. The van der Waals surface area contributed by atoms with E-state index in [-0.39, 0.29) is 0 Å². The molecule has 0 saturated heterocycles. The normalized spacial score (nSPS) is 10.6. The van der Waals surface area contributed by atoms with Gasteiger partial charge in [-0.2, -0.15) is 0 Å². The van der Waals surface area contributed by atoms with Gasteiger partial charge in [-0.3, -0.25) is 0 Å². The van der Waals surface area contributed by atoms with E-state index in [1.807, 2.05) is 18.2 Å². The standard InChI is InChI=1S/C36H28N2/c1-5-14-28(15-6-1)30-24-25-36(35(26-30)29-16-7-2-8-17-29)38(33-21-11-4-12-22-33)34-23-13-20-32(27-34)37-31-18-9-3-10-19-31/h1-27,37H. The van der Waals surface area contributed by atoms with E-state index in [9.17, 15) is 0 Å². The average molecular weight is 489 g/mol. The van der Waals surface area contributed by atoms with Crippen molar-refractivity contribution < 1.29 is 0 Å². The smallest absolute Gasteiger partial charge is 0.0540 e. The molecule has 1 N–H and O–H groups in total. The van der Waals surface area contributed by atoms with Gasteiger partial charge in [-0.15, -0.1) is 0 Å². The van der Waals surface area contributed by atoms with E-state index >= 15 is 0 Å². The third-order valence-electron chi connectivity index (χ3n) is 6.61. The first-order valence-electron chi connectivity index (χ1n) is 12.9. The van der Waals surface area contributed by atoms with Crippen LogP contribution in [-0.2, 0) is 0 Å². The average Bonchev–Trinajstić information content (AvgIpc) is 3.00. The third-order valence-corrected chi connectivity index (χ3v) is 6.61. The van der Waals surface area contributed by atoms with Crippen LogP contribution in [0.3, 0.4) is 0 Å². The highest BCUT2D eigenvalue weighted by Crippen LogP contribution is 2.43. The van der Waals surface area contributed by atoms with Crippen molar-refractivity contribution >= 4 is 28.4 Å². The molecule has 0 saturated carbocycles. The van der Waals surface area contributed by atoms with Gasteiger partial charge in [0.15, 0.2) is 0 Å². The topological polar surface area (TPSA) is 15.3 Å². The second kappa shape index (κ2) is 10.9. The lowest BCUT2D eigenvalue weighted by Crippen LogP contribution is -2.11. The fraction of sp³-hybridized carbons (Fsp3) is 0. The summed E-state index contributed by atoms with van der Waals surface area (Å²) in [6, 6.07) is 57.4. The van der Waals surface area contributed by atoms with Gasteiger partial charge in [0.1, 0.15) is 0 Å². The van der Waals surface area contributed by atoms with Gasteiger partial charge < -0.3 is 10.2 Å². The van der Waals surface area contributed by atoms with Crippen molar-refractivity contribution in [1.82, 2.24) is 0 Å². The Morgan fingerprint density at radius 3 is 1.61 bits per heavy atom. The van der Waals surface area contributed by atoms with Crippen LogP contribution in [0.4, 0.5) is 28.4 Å². The van der Waals surface area contributed by atoms with Crippen LogP contribution in [-0.4, -0.2) is 0 Å². The molecule has 2 nitrogen and oxygen atoms in total. The Morgan fingerprint density at radius 2 is 0.921 bits per heavy atom. The molecule has 182 valence electrons. The van der Waals surface area contributed by atoms with E-state index in [0.717, 1.165) is 28.4 Å². The maximum absolute atomic E-state index is 3.55. The summed E-state index contributed by atoms with van der Waals surface area (Å²) in [5.74, 6) is 0. The van der Waals surface area contributed by atoms with Crippen LogP contribution >= 0.6 is 0 Å². The maximum Gasteiger partial charge on any atom is 0.0540 e. The molecule has 0 spiro atoms. The number of hydrogen-bond acceptors (Lipinski definition) is 2. The summed E-state index contributed by atoms with van der Waals surface area (Å²) in [6.45, 7) is 0. The maximum atomic E-state index is 3.55. The molecule has 38 heavy (non-hydrogen) atoms. The number of benzene rings is 6. The number of anilines is 5. The highest BCUT2D eigenvalue weighted by molar-refractivity contribution is 5.91. The predicted molar refractivity (Wildman–Crippen MR) is 162 cm³/mol. The summed E-state index contributed by atoms with van der Waals surface area (Å²) in [5, 5.41) is 3.55. The van der Waals surface area contributed by atoms with E-state index in [2.05, 4.69) is 156 Å². The molecule has 0 fully saturated rings. The van der Waals surface area contributed by atoms with Gasteiger partial charge in [-0.1, -0.05) is 109 Å². The first-order chi connectivity index (χ1) is 18.8. The molecule has 6 aromatic carbocycles. The van der Waals surface area contributed by atoms with Crippen LogP contribution < -0.4 is 10.2 Å². The minimum absolute atomic E-state index is 1.04. The lowest BCUT2D eigenvalue weighted by atomic mass is 9.96. The first kappa shape index (κ1) is 23.3. The summed E-state index contributed by atoms with van der Waals surface area (Å²) in [6.07, 6.45) is 0. The summed E-state index contributed by atoms with van der Waals surface area (Å²) in [7, 11) is 0. The van der Waals surface area contributed by atoms with E-state index in [1.165, 1.54) is 22.3 Å². The molecule has 0 atom stereocenters. The summed E-state index contributed by atoms with van der Waals surface area (Å²) in [5.41, 5.74) is 10.2. The molecule has 6 rings (SSSR count). The van der Waals surface area contributed by atoms with Crippen molar-refractivity contribution in [2.75, 3.05) is 10.2 Å². The molecule has 0 aliphatic carbocycles. The summed E-state index contributed by atoms with van der Waals surface area (Å²) in [4.78, 5) is 2.34. The van der Waals surface area contributed by atoms with Crippen LogP contribution in [0.15, 0.2) is 164 Å². The van der Waals surface area contributed by atoms with Gasteiger partial charge in [0.25, 0.3) is 0 Å². The fourth-order valence-corrected chi connectivity index (χ4v) is 4.81. The lowest BCUT2D eigenvalue weighted by Gasteiger charge is -2.29. The predicted octanol–water partition coefficient (Wildman–Crippen LogP) is 10.2. The number of nitrogens with one attached hydrogen (secondary N) is 1. The highest BCUT2D eigenvalue weighted by Gasteiger charge is 2.18. The molecular formula is C36H28N2. The van der Waals surface area contributed by atoms with Crippen LogP contribution in [0.5, 0.6) is 0 Å². The van der Waals surface area contributed by atoms with Crippen molar-refractivity contribution in [2.24, 2.45) is 0 Å². The molecule has 0 aliphatic heterocycles. The fourth-order valence-electron chi connectivity index (χ4n) is 4.81. The summed E-state index contributed by atoms with van der Waals surface area (Å²) < 4.78 is 0. The van der Waals surface area contributed by atoms with Gasteiger partial charge >= 0.3 is 0 Å². The number of nitrogens with zero attached hydrogens (tertiary/aromatic N) is 1. The molecule has 0 heterocycles. The molecule has 0 aromatic heterocycles. The van der Waals surface area contributed by atoms with Crippen molar-refractivity contribution in [3.63, 3.8) is 0 Å². The van der Waals surface area contributed by atoms with E-state index in [4.69, 9.17) is 0 Å². The van der Waals surface area contributed by atoms with Gasteiger partial charge in [0.05, 0.1) is 5.69 Å². The second-order valence-electron chi connectivity index (χ2n) is 9.18. The van der Waals surface area contributed by atoms with Crippen molar-refractivity contribution in [3.05, 3.63) is 164 Å². The van der Waals surface area contributed by atoms with Crippen LogP contribution in [0.2, 0.25) is 0 Å². The minimum atomic E-state index is 1.04. The quantitative estimate of drug-likeness (QED) is 0.240.